The van der Waals surface area contributed by atoms with Crippen LogP contribution in [-0.2, 0) is 0 Å². The molecule has 88 valence electrons. The average molecular weight is 225 g/mol. The van der Waals surface area contributed by atoms with Crippen LogP contribution in [0.25, 0.3) is 16.8 Å². The van der Waals surface area contributed by atoms with Crippen molar-refractivity contribution in [3.63, 3.8) is 0 Å². The lowest BCUT2D eigenvalue weighted by Crippen LogP contribution is -2.09. The van der Waals surface area contributed by atoms with Crippen molar-refractivity contribution in [2.75, 3.05) is 13.6 Å². The van der Waals surface area contributed by atoms with Crippen LogP contribution in [0.1, 0.15) is 18.9 Å². The van der Waals surface area contributed by atoms with Gasteiger partial charge < -0.3 is 5.32 Å². The maximum absolute atomic E-state index is 3.21. The lowest BCUT2D eigenvalue weighted by molar-refractivity contribution is 0.851. The second-order valence-corrected chi connectivity index (χ2v) is 4.29. The molecule has 0 atom stereocenters. The first-order valence-corrected chi connectivity index (χ1v) is 6.16. The molecular formula is C16H19N. The standard InChI is InChI=1S/C16H19N/c1-3-13(12-17-2)10-14-8-9-15-6-4-5-7-16(15)11-14/h4-11,17H,3,12H2,1-2H3. The van der Waals surface area contributed by atoms with Crippen molar-refractivity contribution in [2.45, 2.75) is 13.3 Å². The fraction of sp³-hybridized carbons (Fsp3) is 0.250. The van der Waals surface area contributed by atoms with Gasteiger partial charge in [0.05, 0.1) is 0 Å². The van der Waals surface area contributed by atoms with Gasteiger partial charge in [-0.1, -0.05) is 55.0 Å². The monoisotopic (exact) mass is 225 g/mol. The van der Waals surface area contributed by atoms with Crippen LogP contribution in [0.15, 0.2) is 48.0 Å². The van der Waals surface area contributed by atoms with E-state index in [1.54, 1.807) is 0 Å². The molecule has 1 nitrogen and oxygen atoms in total. The molecule has 0 aromatic heterocycles. The van der Waals surface area contributed by atoms with E-state index >= 15 is 0 Å². The van der Waals surface area contributed by atoms with Gasteiger partial charge in [-0.25, -0.2) is 0 Å². The lowest BCUT2D eigenvalue weighted by atomic mass is 10.0. The van der Waals surface area contributed by atoms with Gasteiger partial charge in [0.1, 0.15) is 0 Å². The molecule has 0 aliphatic heterocycles. The number of benzene rings is 2. The first kappa shape index (κ1) is 11.9. The third-order valence-electron chi connectivity index (χ3n) is 3.00. The molecule has 0 saturated heterocycles. The molecule has 2 aromatic rings. The number of nitrogens with one attached hydrogen (secondary N) is 1. The van der Waals surface area contributed by atoms with Gasteiger partial charge in [0.25, 0.3) is 0 Å². The minimum Gasteiger partial charge on any atom is -0.316 e. The highest BCUT2D eigenvalue weighted by atomic mass is 14.8. The van der Waals surface area contributed by atoms with Gasteiger partial charge >= 0.3 is 0 Å². The van der Waals surface area contributed by atoms with Gasteiger partial charge in [0.2, 0.25) is 0 Å². The average Bonchev–Trinajstić information content (AvgIpc) is 2.38. The van der Waals surface area contributed by atoms with Crippen molar-refractivity contribution < 1.29 is 0 Å². The minimum atomic E-state index is 0.962. The van der Waals surface area contributed by atoms with E-state index in [9.17, 15) is 0 Å². The molecule has 0 aliphatic rings. The summed E-state index contributed by atoms with van der Waals surface area (Å²) in [6.07, 6.45) is 3.37. The normalized spacial score (nSPS) is 12.0. The summed E-state index contributed by atoms with van der Waals surface area (Å²) in [5.41, 5.74) is 2.72. The molecule has 17 heavy (non-hydrogen) atoms. The summed E-state index contributed by atoms with van der Waals surface area (Å²) in [5, 5.41) is 5.82. The van der Waals surface area contributed by atoms with Crippen LogP contribution < -0.4 is 5.32 Å². The summed E-state index contributed by atoms with van der Waals surface area (Å²) in [6.45, 7) is 3.16. The summed E-state index contributed by atoms with van der Waals surface area (Å²) in [7, 11) is 1.99. The highest BCUT2D eigenvalue weighted by Gasteiger charge is 1.96. The van der Waals surface area contributed by atoms with Crippen LogP contribution in [0, 0.1) is 0 Å². The summed E-state index contributed by atoms with van der Waals surface area (Å²) in [5.74, 6) is 0. The predicted octanol–water partition coefficient (Wildman–Crippen LogP) is 3.85. The van der Waals surface area contributed by atoms with Crippen LogP contribution in [0.5, 0.6) is 0 Å². The first-order chi connectivity index (χ1) is 8.33. The second kappa shape index (κ2) is 5.65. The van der Waals surface area contributed by atoms with E-state index in [1.165, 1.54) is 21.9 Å². The largest absolute Gasteiger partial charge is 0.316 e. The fourth-order valence-corrected chi connectivity index (χ4v) is 2.04. The Bertz CT molecular complexity index is 526. The maximum atomic E-state index is 3.21. The Morgan fingerprint density at radius 3 is 2.59 bits per heavy atom. The van der Waals surface area contributed by atoms with Gasteiger partial charge in [0, 0.05) is 6.54 Å². The topological polar surface area (TPSA) is 12.0 Å². The Labute approximate surface area is 103 Å². The van der Waals surface area contributed by atoms with Gasteiger partial charge in [-0.2, -0.15) is 0 Å². The van der Waals surface area contributed by atoms with Gasteiger partial charge in [-0.15, -0.1) is 0 Å². The van der Waals surface area contributed by atoms with E-state index in [0.717, 1.165) is 13.0 Å². The van der Waals surface area contributed by atoms with Crippen molar-refractivity contribution in [2.24, 2.45) is 0 Å². The van der Waals surface area contributed by atoms with Crippen molar-refractivity contribution in [1.82, 2.24) is 5.32 Å². The van der Waals surface area contributed by atoms with Gasteiger partial charge in [-0.3, -0.25) is 0 Å². The maximum Gasteiger partial charge on any atom is 0.0164 e. The second-order valence-electron chi connectivity index (χ2n) is 4.29. The number of hydrogen-bond donors (Lipinski definition) is 1. The third-order valence-corrected chi connectivity index (χ3v) is 3.00. The zero-order valence-electron chi connectivity index (χ0n) is 10.5. The Balaban J connectivity index is 2.35. The van der Waals surface area contributed by atoms with Crippen LogP contribution in [0.3, 0.4) is 0 Å². The fourth-order valence-electron chi connectivity index (χ4n) is 2.04. The van der Waals surface area contributed by atoms with E-state index in [1.807, 2.05) is 7.05 Å². The van der Waals surface area contributed by atoms with Crippen molar-refractivity contribution in [3.8, 4) is 0 Å². The Kier molecular flexibility index (Phi) is 3.94. The molecule has 2 aromatic carbocycles. The highest BCUT2D eigenvalue weighted by Crippen LogP contribution is 2.18. The quantitative estimate of drug-likeness (QED) is 0.833. The molecule has 1 N–H and O–H groups in total. The predicted molar refractivity (Wildman–Crippen MR) is 76.1 cm³/mol. The van der Waals surface area contributed by atoms with Crippen molar-refractivity contribution >= 4 is 16.8 Å². The van der Waals surface area contributed by atoms with E-state index in [-0.39, 0.29) is 0 Å². The molecule has 0 heterocycles. The number of likely N-dealkylation sites (N-methyl/N-ethyl adjacent to an activating group) is 1. The smallest absolute Gasteiger partial charge is 0.0164 e. The number of rotatable bonds is 4. The molecule has 2 rings (SSSR count). The summed E-state index contributed by atoms with van der Waals surface area (Å²) >= 11 is 0. The molecule has 1 heteroatoms. The molecule has 0 aliphatic carbocycles. The molecule has 0 amide bonds. The summed E-state index contributed by atoms with van der Waals surface area (Å²) in [4.78, 5) is 0. The van der Waals surface area contributed by atoms with Crippen LogP contribution >= 0.6 is 0 Å². The molecule has 0 radical (unpaired) electrons. The van der Waals surface area contributed by atoms with Crippen molar-refractivity contribution in [1.29, 1.82) is 0 Å². The molecule has 0 unspecified atom stereocenters. The zero-order chi connectivity index (χ0) is 12.1. The van der Waals surface area contributed by atoms with Crippen LogP contribution in [0.2, 0.25) is 0 Å². The van der Waals surface area contributed by atoms with Gasteiger partial charge in [-0.05, 0) is 35.9 Å². The lowest BCUT2D eigenvalue weighted by Gasteiger charge is -2.05. The molecule has 0 bridgehead atoms. The van der Waals surface area contributed by atoms with Crippen LogP contribution in [0.4, 0.5) is 0 Å². The third kappa shape index (κ3) is 2.95. The molecule has 0 spiro atoms. The molecule has 0 saturated carbocycles. The number of fused-ring (bicyclic) bond motifs is 1. The van der Waals surface area contributed by atoms with E-state index in [2.05, 4.69) is 60.8 Å². The van der Waals surface area contributed by atoms with Crippen LogP contribution in [-0.4, -0.2) is 13.6 Å². The summed E-state index contributed by atoms with van der Waals surface area (Å²) in [6, 6.07) is 15.1. The Hall–Kier alpha value is -1.60. The zero-order valence-corrected chi connectivity index (χ0v) is 10.5. The molecule has 0 fully saturated rings. The van der Waals surface area contributed by atoms with Crippen molar-refractivity contribution in [3.05, 3.63) is 53.6 Å². The number of hydrogen-bond acceptors (Lipinski definition) is 1. The summed E-state index contributed by atoms with van der Waals surface area (Å²) < 4.78 is 0. The van der Waals surface area contributed by atoms with E-state index < -0.39 is 0 Å². The SMILES string of the molecule is CCC(=Cc1ccc2ccccc2c1)CNC. The minimum absolute atomic E-state index is 0.962. The first-order valence-electron chi connectivity index (χ1n) is 6.16. The Morgan fingerprint density at radius 1 is 1.12 bits per heavy atom. The highest BCUT2D eigenvalue weighted by molar-refractivity contribution is 5.84. The molecular weight excluding hydrogens is 206 g/mol. The van der Waals surface area contributed by atoms with Gasteiger partial charge in [0.15, 0.2) is 0 Å². The van der Waals surface area contributed by atoms with E-state index in [4.69, 9.17) is 0 Å². The Morgan fingerprint density at radius 2 is 1.88 bits per heavy atom. The van der Waals surface area contributed by atoms with E-state index in [0.29, 0.717) is 0 Å².